The van der Waals surface area contributed by atoms with Crippen LogP contribution in [0.3, 0.4) is 0 Å². The first-order valence-electron chi connectivity index (χ1n) is 12.1. The number of carbonyl (C=O) groups excluding carboxylic acids is 2. The minimum atomic E-state index is -0.943. The first-order chi connectivity index (χ1) is 15.6. The molecule has 0 bridgehead atoms. The summed E-state index contributed by atoms with van der Waals surface area (Å²) in [6, 6.07) is 20.3. The molecule has 2 unspecified atom stereocenters. The molecular formula is C27H33N3O2. The van der Waals surface area contributed by atoms with Crippen molar-refractivity contribution in [1.82, 2.24) is 15.1 Å². The summed E-state index contributed by atoms with van der Waals surface area (Å²) in [5.74, 6) is 0.629. The predicted octanol–water partition coefficient (Wildman–Crippen LogP) is 4.37. The second kappa shape index (κ2) is 9.07. The molecule has 168 valence electrons. The Morgan fingerprint density at radius 1 is 0.812 bits per heavy atom. The number of fused-ring (bicyclic) bond motifs is 1. The molecule has 1 aliphatic carbocycles. The largest absolute Gasteiger partial charge is 0.326 e. The lowest BCUT2D eigenvalue weighted by Crippen LogP contribution is -2.54. The number of hydrogen-bond donors (Lipinski definition) is 1. The molecule has 2 aliphatic heterocycles. The van der Waals surface area contributed by atoms with Crippen molar-refractivity contribution in [2.24, 2.45) is 5.92 Å². The lowest BCUT2D eigenvalue weighted by molar-refractivity contribution is -0.133. The van der Waals surface area contributed by atoms with Crippen molar-refractivity contribution in [1.29, 1.82) is 0 Å². The fraction of sp³-hybridized carbons (Fsp3) is 0.481. The molecule has 32 heavy (non-hydrogen) atoms. The van der Waals surface area contributed by atoms with E-state index in [1.807, 2.05) is 60.7 Å². The van der Waals surface area contributed by atoms with Gasteiger partial charge in [-0.15, -0.1) is 0 Å². The Hall–Kier alpha value is -2.66. The van der Waals surface area contributed by atoms with Crippen molar-refractivity contribution >= 4 is 11.9 Å². The molecule has 1 saturated carbocycles. The van der Waals surface area contributed by atoms with E-state index in [0.717, 1.165) is 30.0 Å². The van der Waals surface area contributed by atoms with Crippen LogP contribution in [0.1, 0.15) is 49.7 Å². The zero-order valence-corrected chi connectivity index (χ0v) is 18.7. The minimum Gasteiger partial charge on any atom is -0.322 e. The highest BCUT2D eigenvalue weighted by atomic mass is 16.2. The Kier molecular flexibility index (Phi) is 6.01. The van der Waals surface area contributed by atoms with E-state index in [1.165, 1.54) is 37.0 Å². The quantitative estimate of drug-likeness (QED) is 0.691. The molecule has 0 aromatic heterocycles. The van der Waals surface area contributed by atoms with E-state index in [1.54, 1.807) is 0 Å². The Balaban J connectivity index is 1.40. The Morgan fingerprint density at radius 2 is 1.41 bits per heavy atom. The standard InChI is InChI=1S/C27H33N3O2/c31-25-27(18-21-10-3-1-4-11-21,19-22-12-5-2-6-13-22)28-26(32)30(25)20-29-17-9-15-23-14-7-8-16-24(23)29/h1-6,10-13,23-24H,7-9,14-20H2,(H,28,32). The van der Waals surface area contributed by atoms with Crippen LogP contribution >= 0.6 is 0 Å². The number of nitrogens with one attached hydrogen (secondary N) is 1. The number of rotatable bonds is 6. The molecule has 5 rings (SSSR count). The van der Waals surface area contributed by atoms with Gasteiger partial charge in [-0.3, -0.25) is 9.69 Å². The molecule has 2 atom stereocenters. The highest BCUT2D eigenvalue weighted by molar-refractivity contribution is 6.07. The van der Waals surface area contributed by atoms with Gasteiger partial charge < -0.3 is 5.32 Å². The van der Waals surface area contributed by atoms with Crippen molar-refractivity contribution in [2.45, 2.75) is 62.9 Å². The average Bonchev–Trinajstić information content (AvgIpc) is 3.04. The van der Waals surface area contributed by atoms with Crippen LogP contribution in [0.2, 0.25) is 0 Å². The molecule has 0 spiro atoms. The van der Waals surface area contributed by atoms with Crippen LogP contribution in [0, 0.1) is 5.92 Å². The van der Waals surface area contributed by atoms with Crippen LogP contribution in [-0.4, -0.2) is 46.5 Å². The molecule has 3 aliphatic rings. The molecule has 5 nitrogen and oxygen atoms in total. The SMILES string of the molecule is O=C1NC(Cc2ccccc2)(Cc2ccccc2)C(=O)N1CN1CCCC2CCCCC21. The molecule has 5 heteroatoms. The smallest absolute Gasteiger partial charge is 0.322 e. The topological polar surface area (TPSA) is 52.7 Å². The normalized spacial score (nSPS) is 25.4. The lowest BCUT2D eigenvalue weighted by Gasteiger charge is -2.45. The first-order valence-corrected chi connectivity index (χ1v) is 12.1. The van der Waals surface area contributed by atoms with Gasteiger partial charge in [0.2, 0.25) is 0 Å². The third kappa shape index (κ3) is 4.18. The van der Waals surface area contributed by atoms with E-state index in [0.29, 0.717) is 25.6 Å². The first kappa shape index (κ1) is 21.2. The molecule has 2 aromatic rings. The summed E-state index contributed by atoms with van der Waals surface area (Å²) in [4.78, 5) is 31.0. The highest BCUT2D eigenvalue weighted by Crippen LogP contribution is 2.36. The van der Waals surface area contributed by atoms with E-state index in [-0.39, 0.29) is 11.9 Å². The van der Waals surface area contributed by atoms with Crippen LogP contribution in [-0.2, 0) is 17.6 Å². The van der Waals surface area contributed by atoms with Gasteiger partial charge in [0.1, 0.15) is 5.54 Å². The van der Waals surface area contributed by atoms with Gasteiger partial charge in [-0.25, -0.2) is 9.69 Å². The molecule has 0 radical (unpaired) electrons. The van der Waals surface area contributed by atoms with Gasteiger partial charge in [0.25, 0.3) is 5.91 Å². The monoisotopic (exact) mass is 431 g/mol. The number of likely N-dealkylation sites (tertiary alicyclic amines) is 1. The Bertz CT molecular complexity index is 902. The Morgan fingerprint density at radius 3 is 2.06 bits per heavy atom. The van der Waals surface area contributed by atoms with Crippen LogP contribution in [0.25, 0.3) is 0 Å². The molecule has 2 aromatic carbocycles. The van der Waals surface area contributed by atoms with Crippen molar-refractivity contribution in [2.75, 3.05) is 13.2 Å². The van der Waals surface area contributed by atoms with Crippen molar-refractivity contribution < 1.29 is 9.59 Å². The predicted molar refractivity (Wildman–Crippen MR) is 125 cm³/mol. The summed E-state index contributed by atoms with van der Waals surface area (Å²) in [6.45, 7) is 1.39. The third-order valence-electron chi connectivity index (χ3n) is 7.62. The van der Waals surface area contributed by atoms with Crippen molar-refractivity contribution in [3.05, 3.63) is 71.8 Å². The summed E-state index contributed by atoms with van der Waals surface area (Å²) in [6.07, 6.45) is 8.48. The number of amides is 3. The number of piperidine rings is 1. The maximum Gasteiger partial charge on any atom is 0.326 e. The van der Waals surface area contributed by atoms with Crippen LogP contribution in [0.5, 0.6) is 0 Å². The van der Waals surface area contributed by atoms with E-state index < -0.39 is 5.54 Å². The second-order valence-corrected chi connectivity index (χ2v) is 9.78. The number of carbonyl (C=O) groups is 2. The summed E-state index contributed by atoms with van der Waals surface area (Å²) in [7, 11) is 0. The fourth-order valence-electron chi connectivity index (χ4n) is 6.08. The average molecular weight is 432 g/mol. The molecular weight excluding hydrogens is 398 g/mol. The van der Waals surface area contributed by atoms with Gasteiger partial charge in [0, 0.05) is 25.4 Å². The maximum absolute atomic E-state index is 13.9. The Labute approximate surface area is 190 Å². The van der Waals surface area contributed by atoms with Crippen molar-refractivity contribution in [3.8, 4) is 0 Å². The number of urea groups is 1. The van der Waals surface area contributed by atoms with Crippen LogP contribution in [0.15, 0.2) is 60.7 Å². The van der Waals surface area contributed by atoms with Gasteiger partial charge in [-0.1, -0.05) is 73.5 Å². The van der Waals surface area contributed by atoms with Gasteiger partial charge >= 0.3 is 6.03 Å². The summed E-state index contributed by atoms with van der Waals surface area (Å²) in [5.41, 5.74) is 1.18. The zero-order valence-electron chi connectivity index (χ0n) is 18.7. The number of imide groups is 1. The molecule has 2 saturated heterocycles. The number of benzene rings is 2. The summed E-state index contributed by atoms with van der Waals surface area (Å²) >= 11 is 0. The van der Waals surface area contributed by atoms with Gasteiger partial charge in [-0.05, 0) is 42.7 Å². The molecule has 3 amide bonds. The fourth-order valence-corrected chi connectivity index (χ4v) is 6.08. The van der Waals surface area contributed by atoms with E-state index in [2.05, 4.69) is 10.2 Å². The maximum atomic E-state index is 13.9. The lowest BCUT2D eigenvalue weighted by atomic mass is 9.78. The van der Waals surface area contributed by atoms with E-state index >= 15 is 0 Å². The number of hydrogen-bond acceptors (Lipinski definition) is 3. The zero-order chi connectivity index (χ0) is 22.0. The van der Waals surface area contributed by atoms with Crippen molar-refractivity contribution in [3.63, 3.8) is 0 Å². The highest BCUT2D eigenvalue weighted by Gasteiger charge is 2.52. The van der Waals surface area contributed by atoms with Gasteiger partial charge in [0.05, 0.1) is 6.67 Å². The third-order valence-corrected chi connectivity index (χ3v) is 7.62. The van der Waals surface area contributed by atoms with Gasteiger partial charge in [0.15, 0.2) is 0 Å². The molecule has 2 heterocycles. The van der Waals surface area contributed by atoms with Crippen LogP contribution < -0.4 is 5.32 Å². The molecule has 3 fully saturated rings. The van der Waals surface area contributed by atoms with Gasteiger partial charge in [-0.2, -0.15) is 0 Å². The molecule has 1 N–H and O–H groups in total. The summed E-state index contributed by atoms with van der Waals surface area (Å²) < 4.78 is 0. The van der Waals surface area contributed by atoms with E-state index in [4.69, 9.17) is 0 Å². The van der Waals surface area contributed by atoms with E-state index in [9.17, 15) is 9.59 Å². The van der Waals surface area contributed by atoms with Crippen LogP contribution in [0.4, 0.5) is 4.79 Å². The number of nitrogens with zero attached hydrogens (tertiary/aromatic N) is 2. The summed E-state index contributed by atoms with van der Waals surface area (Å²) in [5, 5.41) is 3.14. The minimum absolute atomic E-state index is 0.0897. The second-order valence-electron chi connectivity index (χ2n) is 9.78.